The molecule has 1 aliphatic carbocycles. The van der Waals surface area contributed by atoms with Crippen molar-refractivity contribution in [2.75, 3.05) is 48.5 Å². The summed E-state index contributed by atoms with van der Waals surface area (Å²) in [6.45, 7) is 2.99. The molecular formula is C22H25N3O3. The Morgan fingerprint density at radius 2 is 1.68 bits per heavy atom. The van der Waals surface area contributed by atoms with E-state index in [4.69, 9.17) is 4.74 Å². The monoisotopic (exact) mass is 379 g/mol. The number of hydrogen-bond donors (Lipinski definition) is 1. The Balaban J connectivity index is 1.40. The maximum atomic E-state index is 12.8. The number of carbonyl (C=O) groups excluding carboxylic acids is 2. The van der Waals surface area contributed by atoms with E-state index >= 15 is 0 Å². The van der Waals surface area contributed by atoms with Crippen molar-refractivity contribution in [3.8, 4) is 0 Å². The van der Waals surface area contributed by atoms with E-state index in [1.807, 2.05) is 54.6 Å². The molecular weight excluding hydrogens is 354 g/mol. The Bertz CT molecular complexity index is 849. The van der Waals surface area contributed by atoms with Gasteiger partial charge in [-0.15, -0.1) is 0 Å². The summed E-state index contributed by atoms with van der Waals surface area (Å²) in [5, 5.41) is 3.04. The molecule has 2 aromatic carbocycles. The van der Waals surface area contributed by atoms with E-state index in [2.05, 4.69) is 10.2 Å². The molecule has 2 unspecified atom stereocenters. The smallest absolute Gasteiger partial charge is 0.230 e. The highest BCUT2D eigenvalue weighted by molar-refractivity contribution is 6.05. The van der Waals surface area contributed by atoms with Crippen molar-refractivity contribution in [1.29, 1.82) is 0 Å². The summed E-state index contributed by atoms with van der Waals surface area (Å²) in [5.41, 5.74) is 2.64. The van der Waals surface area contributed by atoms with Crippen LogP contribution in [0.3, 0.4) is 0 Å². The number of ether oxygens (including phenoxy) is 1. The van der Waals surface area contributed by atoms with Gasteiger partial charge in [0.2, 0.25) is 11.8 Å². The molecule has 0 bridgehead atoms. The molecule has 28 heavy (non-hydrogen) atoms. The highest BCUT2D eigenvalue weighted by Gasteiger charge is 2.49. The number of carbonyl (C=O) groups is 2. The second kappa shape index (κ2) is 8.02. The molecule has 1 N–H and O–H groups in total. The van der Waals surface area contributed by atoms with Gasteiger partial charge < -0.3 is 19.9 Å². The van der Waals surface area contributed by atoms with Crippen molar-refractivity contribution >= 4 is 28.9 Å². The van der Waals surface area contributed by atoms with Crippen molar-refractivity contribution in [3.63, 3.8) is 0 Å². The van der Waals surface area contributed by atoms with Gasteiger partial charge in [-0.05, 0) is 30.7 Å². The molecule has 6 nitrogen and oxygen atoms in total. The topological polar surface area (TPSA) is 61.9 Å². The van der Waals surface area contributed by atoms with Gasteiger partial charge in [-0.1, -0.05) is 30.3 Å². The number of nitrogens with one attached hydrogen (secondary N) is 1. The first-order valence-electron chi connectivity index (χ1n) is 9.70. The summed E-state index contributed by atoms with van der Waals surface area (Å²) < 4.78 is 5.42. The van der Waals surface area contributed by atoms with Gasteiger partial charge >= 0.3 is 0 Å². The van der Waals surface area contributed by atoms with Crippen LogP contribution < -0.4 is 15.1 Å². The summed E-state index contributed by atoms with van der Waals surface area (Å²) >= 11 is 0. The van der Waals surface area contributed by atoms with Gasteiger partial charge in [0.15, 0.2) is 0 Å². The van der Waals surface area contributed by atoms with E-state index in [0.29, 0.717) is 19.6 Å². The molecule has 6 heteroatoms. The SMILES string of the molecule is CN(C(=O)C1CC1C(=O)Nc1ccccc1N1CCOCC1)c1ccccc1. The van der Waals surface area contributed by atoms with Gasteiger partial charge in [0.05, 0.1) is 36.4 Å². The van der Waals surface area contributed by atoms with Gasteiger partial charge in [0.1, 0.15) is 0 Å². The molecule has 1 aliphatic heterocycles. The minimum atomic E-state index is -0.267. The zero-order chi connectivity index (χ0) is 19.5. The molecule has 1 heterocycles. The van der Waals surface area contributed by atoms with Crippen molar-refractivity contribution in [3.05, 3.63) is 54.6 Å². The first-order chi connectivity index (χ1) is 13.6. The first-order valence-corrected chi connectivity index (χ1v) is 9.70. The van der Waals surface area contributed by atoms with Crippen molar-refractivity contribution in [1.82, 2.24) is 0 Å². The summed E-state index contributed by atoms with van der Waals surface area (Å²) in [6.07, 6.45) is 0.599. The fourth-order valence-electron chi connectivity index (χ4n) is 3.67. The fraction of sp³-hybridized carbons (Fsp3) is 0.364. The summed E-state index contributed by atoms with van der Waals surface area (Å²) in [5.74, 6) is -0.606. The maximum Gasteiger partial charge on any atom is 0.230 e. The van der Waals surface area contributed by atoms with E-state index in [0.717, 1.165) is 30.2 Å². The number of morpholine rings is 1. The maximum absolute atomic E-state index is 12.8. The Kier molecular flexibility index (Phi) is 5.30. The van der Waals surface area contributed by atoms with E-state index in [9.17, 15) is 9.59 Å². The van der Waals surface area contributed by atoms with E-state index in [1.54, 1.807) is 11.9 Å². The molecule has 2 atom stereocenters. The van der Waals surface area contributed by atoms with Crippen molar-refractivity contribution in [2.45, 2.75) is 6.42 Å². The van der Waals surface area contributed by atoms with Crippen LogP contribution in [0, 0.1) is 11.8 Å². The predicted molar refractivity (Wildman–Crippen MR) is 110 cm³/mol. The van der Waals surface area contributed by atoms with Gasteiger partial charge in [0.25, 0.3) is 0 Å². The third-order valence-corrected chi connectivity index (χ3v) is 5.43. The van der Waals surface area contributed by atoms with Crippen LogP contribution in [0.4, 0.5) is 17.1 Å². The van der Waals surface area contributed by atoms with Crippen LogP contribution in [0.2, 0.25) is 0 Å². The lowest BCUT2D eigenvalue weighted by atomic mass is 10.2. The number of benzene rings is 2. The highest BCUT2D eigenvalue weighted by atomic mass is 16.5. The summed E-state index contributed by atoms with van der Waals surface area (Å²) in [6, 6.07) is 17.3. The Hall–Kier alpha value is -2.86. The van der Waals surface area contributed by atoms with E-state index in [-0.39, 0.29) is 23.7 Å². The second-order valence-electron chi connectivity index (χ2n) is 7.29. The number of rotatable bonds is 5. The molecule has 1 saturated heterocycles. The zero-order valence-corrected chi connectivity index (χ0v) is 16.0. The van der Waals surface area contributed by atoms with Gasteiger partial charge in [0, 0.05) is 25.8 Å². The van der Waals surface area contributed by atoms with Crippen LogP contribution >= 0.6 is 0 Å². The predicted octanol–water partition coefficient (Wildman–Crippen LogP) is 2.76. The van der Waals surface area contributed by atoms with Gasteiger partial charge in [-0.25, -0.2) is 0 Å². The minimum absolute atomic E-state index is 0.00665. The van der Waals surface area contributed by atoms with Crippen LogP contribution in [0.5, 0.6) is 0 Å². The number of hydrogen-bond acceptors (Lipinski definition) is 4. The molecule has 4 rings (SSSR count). The fourth-order valence-corrected chi connectivity index (χ4v) is 3.67. The van der Waals surface area contributed by atoms with Gasteiger partial charge in [-0.3, -0.25) is 9.59 Å². The zero-order valence-electron chi connectivity index (χ0n) is 16.0. The van der Waals surface area contributed by atoms with E-state index in [1.165, 1.54) is 0 Å². The number of amides is 2. The number of anilines is 3. The normalized spacial score (nSPS) is 21.1. The first kappa shape index (κ1) is 18.5. The molecule has 0 aromatic heterocycles. The van der Waals surface area contributed by atoms with Crippen molar-refractivity contribution in [2.24, 2.45) is 11.8 Å². The van der Waals surface area contributed by atoms with Crippen LogP contribution in [0.25, 0.3) is 0 Å². The molecule has 2 aliphatic rings. The third-order valence-electron chi connectivity index (χ3n) is 5.43. The number of para-hydroxylation sites is 3. The number of nitrogens with zero attached hydrogens (tertiary/aromatic N) is 2. The van der Waals surface area contributed by atoms with Crippen LogP contribution in [0.1, 0.15) is 6.42 Å². The van der Waals surface area contributed by atoms with Crippen LogP contribution in [-0.2, 0) is 14.3 Å². The highest BCUT2D eigenvalue weighted by Crippen LogP contribution is 2.42. The lowest BCUT2D eigenvalue weighted by Crippen LogP contribution is -2.36. The average Bonchev–Trinajstić information content (AvgIpc) is 3.55. The van der Waals surface area contributed by atoms with Crippen molar-refractivity contribution < 1.29 is 14.3 Å². The van der Waals surface area contributed by atoms with E-state index < -0.39 is 0 Å². The lowest BCUT2D eigenvalue weighted by molar-refractivity contribution is -0.123. The summed E-state index contributed by atoms with van der Waals surface area (Å²) in [7, 11) is 1.76. The molecule has 2 aromatic rings. The average molecular weight is 379 g/mol. The van der Waals surface area contributed by atoms with Crippen LogP contribution in [0.15, 0.2) is 54.6 Å². The molecule has 0 spiro atoms. The Labute approximate surface area is 165 Å². The Morgan fingerprint density at radius 3 is 2.43 bits per heavy atom. The third kappa shape index (κ3) is 3.87. The second-order valence-corrected chi connectivity index (χ2v) is 7.29. The minimum Gasteiger partial charge on any atom is -0.378 e. The standard InChI is InChI=1S/C22H25N3O3/c1-24(16-7-3-2-4-8-16)22(27)18-15-17(18)21(26)23-19-9-5-6-10-20(19)25-11-13-28-14-12-25/h2-10,17-18H,11-15H2,1H3,(H,23,26). The Morgan fingerprint density at radius 1 is 1.00 bits per heavy atom. The molecule has 1 saturated carbocycles. The quantitative estimate of drug-likeness (QED) is 0.868. The lowest BCUT2D eigenvalue weighted by Gasteiger charge is -2.30. The largest absolute Gasteiger partial charge is 0.378 e. The molecule has 0 radical (unpaired) electrons. The molecule has 146 valence electrons. The van der Waals surface area contributed by atoms with Crippen LogP contribution in [-0.4, -0.2) is 45.2 Å². The summed E-state index contributed by atoms with van der Waals surface area (Å²) in [4.78, 5) is 29.3. The molecule has 2 fully saturated rings. The molecule has 2 amide bonds. The van der Waals surface area contributed by atoms with Gasteiger partial charge in [-0.2, -0.15) is 0 Å².